The first-order chi connectivity index (χ1) is 15.2. The highest BCUT2D eigenvalue weighted by molar-refractivity contribution is 6.36. The smallest absolute Gasteiger partial charge is 0.416 e. The lowest BCUT2D eigenvalue weighted by Crippen LogP contribution is -2.42. The van der Waals surface area contributed by atoms with Gasteiger partial charge in [-0.25, -0.2) is 19.1 Å². The van der Waals surface area contributed by atoms with Gasteiger partial charge in [-0.1, -0.05) is 28.4 Å². The monoisotopic (exact) mass is 481 g/mol. The number of rotatable bonds is 6. The van der Waals surface area contributed by atoms with Gasteiger partial charge < -0.3 is 19.7 Å². The van der Waals surface area contributed by atoms with E-state index in [1.54, 1.807) is 31.2 Å². The van der Waals surface area contributed by atoms with Crippen LogP contribution in [-0.4, -0.2) is 45.1 Å². The largest absolute Gasteiger partial charge is 0.447 e. The minimum absolute atomic E-state index is 0.0421. The molecule has 0 bridgehead atoms. The van der Waals surface area contributed by atoms with Gasteiger partial charge in [0.1, 0.15) is 18.3 Å². The number of cyclic esters (lactones) is 1. The molecular weight excluding hydrogens is 464 g/mol. The third-order valence-corrected chi connectivity index (χ3v) is 5.47. The topological polar surface area (TPSA) is 114 Å². The van der Waals surface area contributed by atoms with Crippen LogP contribution in [0.25, 0.3) is 11.3 Å². The molecule has 4 rings (SSSR count). The van der Waals surface area contributed by atoms with Crippen LogP contribution in [0, 0.1) is 5.82 Å². The molecule has 32 heavy (non-hydrogen) atoms. The summed E-state index contributed by atoms with van der Waals surface area (Å²) in [5, 5.41) is 17.8. The molecule has 3 heterocycles. The van der Waals surface area contributed by atoms with Crippen LogP contribution in [0.15, 0.2) is 35.0 Å². The van der Waals surface area contributed by atoms with Crippen molar-refractivity contribution in [1.82, 2.24) is 15.1 Å². The molecule has 1 aliphatic rings. The summed E-state index contributed by atoms with van der Waals surface area (Å²) in [5.74, 6) is -0.635. The maximum atomic E-state index is 14.4. The van der Waals surface area contributed by atoms with E-state index < -0.39 is 30.1 Å². The Morgan fingerprint density at radius 2 is 2.09 bits per heavy atom. The van der Waals surface area contributed by atoms with Crippen molar-refractivity contribution >= 4 is 41.1 Å². The number of hydrogen-bond donors (Lipinski definition) is 2. The number of nitrogens with zero attached hydrogens (tertiary/aromatic N) is 4. The summed E-state index contributed by atoms with van der Waals surface area (Å²) < 4.78 is 24.8. The Morgan fingerprint density at radius 1 is 1.31 bits per heavy atom. The zero-order valence-corrected chi connectivity index (χ0v) is 18.4. The van der Waals surface area contributed by atoms with Crippen molar-refractivity contribution in [3.05, 3.63) is 52.1 Å². The summed E-state index contributed by atoms with van der Waals surface area (Å²) >= 11 is 12.2. The molecule has 2 N–H and O–H groups in total. The molecule has 1 amide bonds. The molecule has 168 valence electrons. The Hall–Kier alpha value is -2.95. The van der Waals surface area contributed by atoms with Gasteiger partial charge in [0.25, 0.3) is 0 Å². The minimum Gasteiger partial charge on any atom is -0.447 e. The lowest BCUT2D eigenvalue weighted by atomic mass is 10.1. The van der Waals surface area contributed by atoms with Gasteiger partial charge in [0, 0.05) is 16.7 Å². The van der Waals surface area contributed by atoms with Gasteiger partial charge in [-0.05, 0) is 32.0 Å². The number of carbonyl (C=O) groups is 1. The number of aliphatic hydroxyl groups excluding tert-OH is 1. The van der Waals surface area contributed by atoms with Crippen molar-refractivity contribution in [2.45, 2.75) is 32.0 Å². The Kier molecular flexibility index (Phi) is 6.18. The average molecular weight is 482 g/mol. The van der Waals surface area contributed by atoms with Gasteiger partial charge in [0.05, 0.1) is 23.4 Å². The molecule has 0 spiro atoms. The van der Waals surface area contributed by atoms with Crippen LogP contribution < -0.4 is 10.2 Å². The van der Waals surface area contributed by atoms with E-state index in [9.17, 15) is 14.3 Å². The van der Waals surface area contributed by atoms with Crippen LogP contribution in [0.2, 0.25) is 10.0 Å². The van der Waals surface area contributed by atoms with Crippen LogP contribution in [0.5, 0.6) is 0 Å². The van der Waals surface area contributed by atoms with E-state index in [0.717, 1.165) is 11.1 Å². The summed E-state index contributed by atoms with van der Waals surface area (Å²) in [6.45, 7) is 3.17. The molecule has 2 aromatic heterocycles. The Morgan fingerprint density at radius 3 is 2.81 bits per heavy atom. The van der Waals surface area contributed by atoms with Gasteiger partial charge in [0.2, 0.25) is 5.95 Å². The maximum absolute atomic E-state index is 14.4. The molecule has 9 nitrogen and oxygen atoms in total. The normalized spacial score (nSPS) is 17.9. The first-order valence-corrected chi connectivity index (χ1v) is 10.4. The van der Waals surface area contributed by atoms with E-state index in [0.29, 0.717) is 27.1 Å². The van der Waals surface area contributed by atoms with Gasteiger partial charge in [-0.2, -0.15) is 4.98 Å². The van der Waals surface area contributed by atoms with Gasteiger partial charge in [0.15, 0.2) is 17.4 Å². The Labute approximate surface area is 192 Å². The van der Waals surface area contributed by atoms with Crippen molar-refractivity contribution in [3.63, 3.8) is 0 Å². The average Bonchev–Trinajstić information content (AvgIpc) is 3.37. The summed E-state index contributed by atoms with van der Waals surface area (Å²) in [6, 6.07) is 5.49. The fourth-order valence-corrected chi connectivity index (χ4v) is 3.72. The van der Waals surface area contributed by atoms with E-state index in [-0.39, 0.29) is 18.4 Å². The predicted molar refractivity (Wildman–Crippen MR) is 115 cm³/mol. The molecule has 12 heteroatoms. The third-order valence-electron chi connectivity index (χ3n) is 4.92. The molecule has 0 unspecified atom stereocenters. The first-order valence-electron chi connectivity index (χ1n) is 9.59. The lowest BCUT2D eigenvalue weighted by molar-refractivity contribution is 0.142. The van der Waals surface area contributed by atoms with Crippen molar-refractivity contribution in [2.24, 2.45) is 0 Å². The number of anilines is 2. The van der Waals surface area contributed by atoms with E-state index in [4.69, 9.17) is 32.5 Å². The quantitative estimate of drug-likeness (QED) is 0.530. The fraction of sp³-hybridized carbons (Fsp3) is 0.300. The molecule has 1 saturated heterocycles. The highest BCUT2D eigenvalue weighted by atomic mass is 35.5. The van der Waals surface area contributed by atoms with E-state index in [1.807, 2.05) is 0 Å². The number of halogens is 3. The van der Waals surface area contributed by atoms with E-state index in [1.165, 1.54) is 6.92 Å². The maximum Gasteiger partial charge on any atom is 0.416 e. The molecule has 3 atom stereocenters. The van der Waals surface area contributed by atoms with Crippen molar-refractivity contribution in [2.75, 3.05) is 16.8 Å². The Balaban J connectivity index is 1.56. The molecule has 1 aliphatic heterocycles. The van der Waals surface area contributed by atoms with Crippen LogP contribution in [-0.2, 0) is 4.74 Å². The number of benzene rings is 1. The summed E-state index contributed by atoms with van der Waals surface area (Å²) in [4.78, 5) is 21.1. The second kappa shape index (κ2) is 8.89. The molecule has 0 aliphatic carbocycles. The van der Waals surface area contributed by atoms with Crippen LogP contribution in [0.4, 0.5) is 21.0 Å². The molecule has 3 aromatic rings. The van der Waals surface area contributed by atoms with E-state index in [2.05, 4.69) is 20.4 Å². The van der Waals surface area contributed by atoms with Crippen molar-refractivity contribution < 1.29 is 23.6 Å². The molecule has 0 saturated carbocycles. The number of ether oxygens (including phenoxy) is 1. The van der Waals surface area contributed by atoms with Crippen LogP contribution in [0.1, 0.15) is 25.6 Å². The molecule has 0 radical (unpaired) electrons. The molecule has 1 fully saturated rings. The van der Waals surface area contributed by atoms with Gasteiger partial charge >= 0.3 is 6.09 Å². The zero-order valence-electron chi connectivity index (χ0n) is 16.9. The second-order valence-electron chi connectivity index (χ2n) is 7.22. The van der Waals surface area contributed by atoms with Crippen LogP contribution >= 0.6 is 23.2 Å². The summed E-state index contributed by atoms with van der Waals surface area (Å²) in [5.41, 5.74) is 1.16. The minimum atomic E-state index is -0.946. The highest BCUT2D eigenvalue weighted by Gasteiger charge is 2.39. The van der Waals surface area contributed by atoms with Crippen LogP contribution in [0.3, 0.4) is 0 Å². The predicted octanol–water partition coefficient (Wildman–Crippen LogP) is 4.46. The second-order valence-corrected chi connectivity index (χ2v) is 8.07. The van der Waals surface area contributed by atoms with Gasteiger partial charge in [-0.3, -0.25) is 0 Å². The SMILES string of the molecule is C[C@H](Nc1ncc(F)c(N2C(=O)OC[C@@H]2[C@@H](C)O)n1)c1cc(-c2ccc(Cl)cc2Cl)no1. The standard InChI is InChI=1S/C20H18Cl2FN5O4/c1-9(17-6-15(27-32-17)12-4-3-11(21)5-13(12)22)25-19-24-7-14(23)18(26-19)28-16(10(2)29)8-31-20(28)30/h3-7,9-10,16,29H,8H2,1-2H3,(H,24,25,26)/t9-,10+,16+/m0/s1. The first kappa shape index (κ1) is 22.3. The number of aliphatic hydroxyl groups is 1. The molecule has 1 aromatic carbocycles. The van der Waals surface area contributed by atoms with E-state index >= 15 is 0 Å². The summed E-state index contributed by atoms with van der Waals surface area (Å²) in [7, 11) is 0. The molecular formula is C20H18Cl2FN5O4. The summed E-state index contributed by atoms with van der Waals surface area (Å²) in [6.07, 6.45) is -0.813. The third kappa shape index (κ3) is 4.34. The lowest BCUT2D eigenvalue weighted by Gasteiger charge is -2.23. The number of amides is 1. The number of carbonyl (C=O) groups excluding carboxylic acids is 1. The van der Waals surface area contributed by atoms with Crippen molar-refractivity contribution in [1.29, 1.82) is 0 Å². The number of hydrogen-bond acceptors (Lipinski definition) is 8. The zero-order chi connectivity index (χ0) is 23.0. The highest BCUT2D eigenvalue weighted by Crippen LogP contribution is 2.32. The van der Waals surface area contributed by atoms with Gasteiger partial charge in [-0.15, -0.1) is 0 Å². The Bertz CT molecular complexity index is 1160. The number of aromatic nitrogens is 3. The fourth-order valence-electron chi connectivity index (χ4n) is 3.21. The van der Waals surface area contributed by atoms with Crippen molar-refractivity contribution in [3.8, 4) is 11.3 Å². The number of nitrogens with one attached hydrogen (secondary N) is 1.